The van der Waals surface area contributed by atoms with Crippen LogP contribution in [0.3, 0.4) is 0 Å². The van der Waals surface area contributed by atoms with E-state index in [1.54, 1.807) is 57.2 Å². The first-order chi connectivity index (χ1) is 20.3. The van der Waals surface area contributed by atoms with Crippen molar-refractivity contribution in [2.45, 2.75) is 31.2 Å². The number of halogens is 2. The van der Waals surface area contributed by atoms with Crippen LogP contribution < -0.4 is 15.0 Å². The van der Waals surface area contributed by atoms with E-state index in [1.807, 2.05) is 37.3 Å². The molecule has 0 aliphatic carbocycles. The number of amides is 4. The minimum absolute atomic E-state index is 0.0142. The van der Waals surface area contributed by atoms with E-state index in [0.29, 0.717) is 52.8 Å². The van der Waals surface area contributed by atoms with E-state index in [9.17, 15) is 14.4 Å². The Labute approximate surface area is 257 Å². The van der Waals surface area contributed by atoms with Crippen LogP contribution in [0.25, 0.3) is 0 Å². The number of nitrogens with zero attached hydrogens (tertiary/aromatic N) is 3. The number of carbonyl (C=O) groups excluding carboxylic acids is 3. The third-order valence-electron chi connectivity index (χ3n) is 7.92. The average molecular weight is 654 g/mol. The van der Waals surface area contributed by atoms with Gasteiger partial charge in [0.25, 0.3) is 5.91 Å². The van der Waals surface area contributed by atoms with Gasteiger partial charge in [-0.2, -0.15) is 0 Å². The summed E-state index contributed by atoms with van der Waals surface area (Å²) in [5.41, 5.74) is 1.98. The zero-order valence-electron chi connectivity index (χ0n) is 22.9. The molecule has 3 aliphatic rings. The van der Waals surface area contributed by atoms with Crippen molar-refractivity contribution >= 4 is 51.1 Å². The topological polar surface area (TPSA) is 91.4 Å². The zero-order chi connectivity index (χ0) is 29.4. The summed E-state index contributed by atoms with van der Waals surface area (Å²) in [5, 5.41) is 3.55. The van der Waals surface area contributed by atoms with Gasteiger partial charge in [-0.25, -0.2) is 4.79 Å². The number of hydrogen-bond acceptors (Lipinski definition) is 5. The van der Waals surface area contributed by atoms with Crippen LogP contribution >= 0.6 is 27.5 Å². The molecule has 0 radical (unpaired) electrons. The van der Waals surface area contributed by atoms with Gasteiger partial charge in [0.15, 0.2) is 0 Å². The fraction of sp³-hybridized carbons (Fsp3) is 0.323. The maximum absolute atomic E-state index is 14.0. The molecule has 11 heteroatoms. The first kappa shape index (κ1) is 28.5. The fourth-order valence-corrected chi connectivity index (χ4v) is 6.02. The number of carbonyl (C=O) groups is 3. The average Bonchev–Trinajstić information content (AvgIpc) is 3.28. The van der Waals surface area contributed by atoms with Crippen molar-refractivity contribution in [3.63, 3.8) is 0 Å². The molecule has 0 bridgehead atoms. The predicted octanol–water partition coefficient (Wildman–Crippen LogP) is 4.89. The Balaban J connectivity index is 1.28. The van der Waals surface area contributed by atoms with Crippen LogP contribution in [0.2, 0.25) is 5.02 Å². The van der Waals surface area contributed by atoms with Gasteiger partial charge in [-0.05, 0) is 70.9 Å². The van der Waals surface area contributed by atoms with E-state index in [4.69, 9.17) is 21.1 Å². The molecule has 42 heavy (non-hydrogen) atoms. The molecular formula is C31H30BrClN4O5. The van der Waals surface area contributed by atoms with Crippen LogP contribution in [0.1, 0.15) is 28.9 Å². The number of hydrogen-bond donors (Lipinski definition) is 1. The predicted molar refractivity (Wildman–Crippen MR) is 162 cm³/mol. The Morgan fingerprint density at radius 2 is 1.79 bits per heavy atom. The normalized spacial score (nSPS) is 21.0. The second-order valence-electron chi connectivity index (χ2n) is 10.7. The van der Waals surface area contributed by atoms with Crippen molar-refractivity contribution in [1.82, 2.24) is 15.1 Å². The Kier molecular flexibility index (Phi) is 8.11. The molecule has 2 unspecified atom stereocenters. The minimum Gasteiger partial charge on any atom is -0.486 e. The lowest BCUT2D eigenvalue weighted by atomic mass is 10.0. The van der Waals surface area contributed by atoms with E-state index in [1.165, 1.54) is 0 Å². The quantitative estimate of drug-likeness (QED) is 0.392. The van der Waals surface area contributed by atoms with Crippen molar-refractivity contribution in [2.24, 2.45) is 0 Å². The zero-order valence-corrected chi connectivity index (χ0v) is 25.3. The molecule has 6 rings (SSSR count). The molecule has 3 saturated heterocycles. The summed E-state index contributed by atoms with van der Waals surface area (Å²) in [5.74, 6) is 0.174. The summed E-state index contributed by atoms with van der Waals surface area (Å²) in [6, 6.07) is 19.9. The molecule has 0 saturated carbocycles. The van der Waals surface area contributed by atoms with Gasteiger partial charge in [-0.3, -0.25) is 14.5 Å². The Bertz CT molecular complexity index is 1490. The summed E-state index contributed by atoms with van der Waals surface area (Å²) in [7, 11) is 0. The summed E-state index contributed by atoms with van der Waals surface area (Å²) in [4.78, 5) is 46.3. The van der Waals surface area contributed by atoms with Crippen molar-refractivity contribution in [2.75, 3.05) is 37.7 Å². The highest BCUT2D eigenvalue weighted by Gasteiger charge is 2.52. The van der Waals surface area contributed by atoms with E-state index in [-0.39, 0.29) is 36.5 Å². The summed E-state index contributed by atoms with van der Waals surface area (Å²) < 4.78 is 11.8. The van der Waals surface area contributed by atoms with Gasteiger partial charge in [0.05, 0.1) is 30.3 Å². The number of fused-ring (bicyclic) bond motifs is 1. The number of rotatable bonds is 7. The molecule has 4 amide bonds. The van der Waals surface area contributed by atoms with Crippen LogP contribution in [0, 0.1) is 0 Å². The van der Waals surface area contributed by atoms with Crippen molar-refractivity contribution in [1.29, 1.82) is 0 Å². The van der Waals surface area contributed by atoms with Crippen molar-refractivity contribution < 1.29 is 23.9 Å². The molecule has 3 aromatic rings. The van der Waals surface area contributed by atoms with Gasteiger partial charge in [0.1, 0.15) is 17.9 Å². The van der Waals surface area contributed by atoms with Gasteiger partial charge in [-0.15, -0.1) is 0 Å². The molecule has 3 aromatic carbocycles. The molecule has 3 fully saturated rings. The molecule has 3 heterocycles. The fourth-order valence-electron chi connectivity index (χ4n) is 5.59. The number of piperazine rings is 1. The lowest BCUT2D eigenvalue weighted by Gasteiger charge is -2.38. The summed E-state index contributed by atoms with van der Waals surface area (Å²) in [6.45, 7) is 3.86. The molecule has 9 nitrogen and oxygen atoms in total. The molecule has 218 valence electrons. The third kappa shape index (κ3) is 5.58. The van der Waals surface area contributed by atoms with Crippen molar-refractivity contribution in [3.05, 3.63) is 93.4 Å². The summed E-state index contributed by atoms with van der Waals surface area (Å²) in [6.07, 6.45) is 0.0142. The lowest BCUT2D eigenvalue weighted by molar-refractivity contribution is -0.123. The van der Waals surface area contributed by atoms with E-state index >= 15 is 0 Å². The summed E-state index contributed by atoms with van der Waals surface area (Å²) >= 11 is 9.63. The SMILES string of the molecule is C[C@H](NC(=O)C1C2CN(C(=O)c3ccc(Br)c(Cl)c3)CCN2C(=O)N1c1ccc(OC2COC2)cc1)c1ccccc1. The first-order valence-corrected chi connectivity index (χ1v) is 15.0. The highest BCUT2D eigenvalue weighted by atomic mass is 79.9. The van der Waals surface area contributed by atoms with Crippen LogP contribution in [-0.2, 0) is 9.53 Å². The van der Waals surface area contributed by atoms with E-state index < -0.39 is 12.1 Å². The minimum atomic E-state index is -0.862. The Morgan fingerprint density at radius 3 is 2.45 bits per heavy atom. The van der Waals surface area contributed by atoms with Crippen LogP contribution in [0.5, 0.6) is 5.75 Å². The number of anilines is 1. The van der Waals surface area contributed by atoms with Crippen molar-refractivity contribution in [3.8, 4) is 5.75 Å². The second kappa shape index (κ2) is 11.9. The van der Waals surface area contributed by atoms with Crippen LogP contribution in [0.15, 0.2) is 77.3 Å². The van der Waals surface area contributed by atoms with Gasteiger partial charge in [0, 0.05) is 35.4 Å². The molecule has 0 spiro atoms. The van der Waals surface area contributed by atoms with E-state index in [0.717, 1.165) is 5.56 Å². The largest absolute Gasteiger partial charge is 0.486 e. The first-order valence-electron chi connectivity index (χ1n) is 13.8. The lowest BCUT2D eigenvalue weighted by Crippen LogP contribution is -2.58. The second-order valence-corrected chi connectivity index (χ2v) is 11.9. The smallest absolute Gasteiger partial charge is 0.325 e. The number of benzene rings is 3. The van der Waals surface area contributed by atoms with Crippen LogP contribution in [-0.4, -0.2) is 78.7 Å². The monoisotopic (exact) mass is 652 g/mol. The molecule has 1 N–H and O–H groups in total. The molecule has 3 aliphatic heterocycles. The van der Waals surface area contributed by atoms with Crippen LogP contribution in [0.4, 0.5) is 10.5 Å². The third-order valence-corrected chi connectivity index (χ3v) is 9.15. The van der Waals surface area contributed by atoms with E-state index in [2.05, 4.69) is 21.2 Å². The van der Waals surface area contributed by atoms with Gasteiger partial charge in [-0.1, -0.05) is 41.9 Å². The molecular weight excluding hydrogens is 624 g/mol. The number of nitrogens with one attached hydrogen (secondary N) is 1. The molecule has 3 atom stereocenters. The standard InChI is InChI=1S/C31H30BrClN4O5/c1-19(20-5-3-2-4-6-20)34-29(38)28-27-16-35(30(39)21-7-12-25(32)26(33)15-21)13-14-36(27)31(40)37(28)22-8-10-23(11-9-22)42-24-17-41-18-24/h2-12,15,19,24,27-28H,13-14,16-18H2,1H3,(H,34,38)/t19-,27?,28?/m0/s1. The molecule has 0 aromatic heterocycles. The Morgan fingerprint density at radius 1 is 1.05 bits per heavy atom. The maximum atomic E-state index is 14.0. The highest BCUT2D eigenvalue weighted by Crippen LogP contribution is 2.34. The van der Waals surface area contributed by atoms with Gasteiger partial charge < -0.3 is 24.6 Å². The highest BCUT2D eigenvalue weighted by molar-refractivity contribution is 9.10. The van der Waals surface area contributed by atoms with Gasteiger partial charge in [0.2, 0.25) is 5.91 Å². The van der Waals surface area contributed by atoms with Gasteiger partial charge >= 0.3 is 6.03 Å². The Hall–Kier alpha value is -3.60. The number of urea groups is 1. The maximum Gasteiger partial charge on any atom is 0.325 e. The number of ether oxygens (including phenoxy) is 2.